The van der Waals surface area contributed by atoms with Gasteiger partial charge in [-0.15, -0.1) is 0 Å². The van der Waals surface area contributed by atoms with Crippen LogP contribution in [0.2, 0.25) is 5.02 Å². The van der Waals surface area contributed by atoms with E-state index in [0.29, 0.717) is 35.5 Å². The van der Waals surface area contributed by atoms with E-state index in [2.05, 4.69) is 5.32 Å². The Morgan fingerprint density at radius 1 is 1.43 bits per heavy atom. The lowest BCUT2D eigenvalue weighted by atomic mass is 9.97. The van der Waals surface area contributed by atoms with E-state index in [1.165, 1.54) is 0 Å². The quantitative estimate of drug-likeness (QED) is 0.775. The highest BCUT2D eigenvalue weighted by molar-refractivity contribution is 6.31. The summed E-state index contributed by atoms with van der Waals surface area (Å²) in [6.07, 6.45) is 2.18. The number of nitrogens with zero attached hydrogens (tertiary/aromatic N) is 1. The van der Waals surface area contributed by atoms with Crippen LogP contribution in [0.5, 0.6) is 5.75 Å². The fourth-order valence-corrected chi connectivity index (χ4v) is 3.08. The van der Waals surface area contributed by atoms with Crippen molar-refractivity contribution in [2.75, 3.05) is 47.0 Å². The van der Waals surface area contributed by atoms with Crippen molar-refractivity contribution in [2.45, 2.75) is 12.8 Å². The van der Waals surface area contributed by atoms with E-state index < -0.39 is 0 Å². The first-order valence-corrected chi connectivity index (χ1v) is 8.38. The van der Waals surface area contributed by atoms with Gasteiger partial charge in [0, 0.05) is 25.2 Å². The van der Waals surface area contributed by atoms with Gasteiger partial charge in [-0.25, -0.2) is 0 Å². The van der Waals surface area contributed by atoms with Crippen molar-refractivity contribution in [1.82, 2.24) is 10.2 Å². The second kappa shape index (κ2) is 9.11. The normalized spacial score (nSPS) is 18.0. The van der Waals surface area contributed by atoms with Gasteiger partial charge in [-0.1, -0.05) is 11.6 Å². The zero-order chi connectivity index (χ0) is 16.7. The van der Waals surface area contributed by atoms with Crippen LogP contribution in [-0.4, -0.2) is 57.8 Å². The van der Waals surface area contributed by atoms with E-state index in [-0.39, 0.29) is 5.91 Å². The first-order valence-electron chi connectivity index (χ1n) is 8.01. The number of piperidine rings is 1. The number of amides is 1. The summed E-state index contributed by atoms with van der Waals surface area (Å²) < 4.78 is 10.7. The third-order valence-corrected chi connectivity index (χ3v) is 4.25. The van der Waals surface area contributed by atoms with Crippen molar-refractivity contribution in [2.24, 2.45) is 5.92 Å². The van der Waals surface area contributed by atoms with Crippen molar-refractivity contribution in [3.8, 4) is 5.75 Å². The lowest BCUT2D eigenvalue weighted by molar-refractivity contribution is 0.0667. The summed E-state index contributed by atoms with van der Waals surface area (Å²) in [6.45, 7) is 3.36. The first kappa shape index (κ1) is 18.0. The van der Waals surface area contributed by atoms with Gasteiger partial charge in [0.1, 0.15) is 12.4 Å². The predicted octanol–water partition coefficient (Wildman–Crippen LogP) is 2.44. The lowest BCUT2D eigenvalue weighted by Crippen LogP contribution is -2.42. The van der Waals surface area contributed by atoms with Crippen LogP contribution in [0.3, 0.4) is 0 Å². The number of nitrogens with one attached hydrogen (secondary N) is 1. The fourth-order valence-electron chi connectivity index (χ4n) is 2.91. The van der Waals surface area contributed by atoms with Crippen molar-refractivity contribution >= 4 is 17.5 Å². The number of halogens is 1. The summed E-state index contributed by atoms with van der Waals surface area (Å²) in [4.78, 5) is 14.8. The Kier molecular flexibility index (Phi) is 7.15. The van der Waals surface area contributed by atoms with Crippen LogP contribution >= 0.6 is 11.6 Å². The van der Waals surface area contributed by atoms with E-state index in [1.54, 1.807) is 25.3 Å². The van der Waals surface area contributed by atoms with Crippen LogP contribution in [0.1, 0.15) is 23.2 Å². The van der Waals surface area contributed by atoms with Gasteiger partial charge in [0.15, 0.2) is 0 Å². The molecule has 1 amide bonds. The largest absolute Gasteiger partial charge is 0.490 e. The van der Waals surface area contributed by atoms with Gasteiger partial charge in [0.2, 0.25) is 0 Å². The summed E-state index contributed by atoms with van der Waals surface area (Å²) >= 11 is 6.08. The molecule has 1 aromatic rings. The fraction of sp³-hybridized carbons (Fsp3) is 0.588. The molecule has 1 atom stereocenters. The number of likely N-dealkylation sites (tertiary alicyclic amines) is 1. The molecule has 0 bridgehead atoms. The number of carbonyl (C=O) groups excluding carboxylic acids is 1. The predicted molar refractivity (Wildman–Crippen MR) is 91.4 cm³/mol. The molecule has 1 fully saturated rings. The molecular weight excluding hydrogens is 316 g/mol. The van der Waals surface area contributed by atoms with Crippen LogP contribution < -0.4 is 10.1 Å². The van der Waals surface area contributed by atoms with Gasteiger partial charge >= 0.3 is 0 Å². The highest BCUT2D eigenvalue weighted by Gasteiger charge is 2.26. The van der Waals surface area contributed by atoms with Crippen molar-refractivity contribution < 1.29 is 14.3 Å². The highest BCUT2D eigenvalue weighted by atomic mass is 35.5. The summed E-state index contributed by atoms with van der Waals surface area (Å²) in [5.41, 5.74) is 0.527. The molecule has 0 saturated carbocycles. The lowest BCUT2D eigenvalue weighted by Gasteiger charge is -2.33. The van der Waals surface area contributed by atoms with E-state index in [9.17, 15) is 4.79 Å². The van der Waals surface area contributed by atoms with Crippen molar-refractivity contribution in [3.63, 3.8) is 0 Å². The molecular formula is C17H25ClN2O3. The average molecular weight is 341 g/mol. The van der Waals surface area contributed by atoms with E-state index in [1.807, 2.05) is 11.9 Å². The van der Waals surface area contributed by atoms with Crippen molar-refractivity contribution in [1.29, 1.82) is 0 Å². The Balaban J connectivity index is 2.12. The summed E-state index contributed by atoms with van der Waals surface area (Å²) in [5, 5.41) is 3.73. The molecule has 128 valence electrons. The summed E-state index contributed by atoms with van der Waals surface area (Å²) in [5.74, 6) is 1.04. The molecule has 5 nitrogen and oxygen atoms in total. The number of carbonyl (C=O) groups is 1. The number of hydrogen-bond donors (Lipinski definition) is 1. The Bertz CT molecular complexity index is 523. The molecule has 1 aromatic carbocycles. The molecule has 1 N–H and O–H groups in total. The van der Waals surface area contributed by atoms with Crippen LogP contribution in [0.15, 0.2) is 18.2 Å². The molecule has 0 spiro atoms. The zero-order valence-electron chi connectivity index (χ0n) is 13.8. The third kappa shape index (κ3) is 5.09. The van der Waals surface area contributed by atoms with Crippen molar-refractivity contribution in [3.05, 3.63) is 28.8 Å². The maximum atomic E-state index is 12.9. The van der Waals surface area contributed by atoms with E-state index in [0.717, 1.165) is 32.5 Å². The van der Waals surface area contributed by atoms with E-state index >= 15 is 0 Å². The number of hydrogen-bond acceptors (Lipinski definition) is 4. The highest BCUT2D eigenvalue weighted by Crippen LogP contribution is 2.26. The van der Waals surface area contributed by atoms with Gasteiger partial charge in [-0.3, -0.25) is 4.79 Å². The smallest absolute Gasteiger partial charge is 0.257 e. The minimum atomic E-state index is -0.0132. The number of rotatable bonds is 7. The van der Waals surface area contributed by atoms with Crippen LogP contribution in [0.25, 0.3) is 0 Å². The monoisotopic (exact) mass is 340 g/mol. The standard InChI is InChI=1S/C17H25ClN2O3/c1-19-11-13-4-3-7-20(12-13)17(21)15-10-14(18)5-6-16(15)23-9-8-22-2/h5-6,10,13,19H,3-4,7-9,11-12H2,1-2H3. The molecule has 1 unspecified atom stereocenters. The van der Waals surface area contributed by atoms with Gasteiger partial charge in [-0.05, 0) is 50.6 Å². The molecule has 0 aliphatic carbocycles. The molecule has 6 heteroatoms. The van der Waals surface area contributed by atoms with Crippen LogP contribution in [0.4, 0.5) is 0 Å². The van der Waals surface area contributed by atoms with Gasteiger partial charge < -0.3 is 19.7 Å². The Hall–Kier alpha value is -1.30. The molecule has 23 heavy (non-hydrogen) atoms. The number of benzene rings is 1. The molecule has 2 rings (SSSR count). The SMILES string of the molecule is CNCC1CCCN(C(=O)c2cc(Cl)ccc2OCCOC)C1. The Labute approximate surface area is 142 Å². The Morgan fingerprint density at radius 2 is 2.26 bits per heavy atom. The maximum Gasteiger partial charge on any atom is 0.257 e. The summed E-state index contributed by atoms with van der Waals surface area (Å²) in [7, 11) is 3.56. The molecule has 0 aromatic heterocycles. The summed E-state index contributed by atoms with van der Waals surface area (Å²) in [6, 6.07) is 5.18. The maximum absolute atomic E-state index is 12.9. The average Bonchev–Trinajstić information content (AvgIpc) is 2.56. The number of ether oxygens (including phenoxy) is 2. The molecule has 1 saturated heterocycles. The molecule has 1 aliphatic heterocycles. The van der Waals surface area contributed by atoms with Gasteiger partial charge in [0.25, 0.3) is 5.91 Å². The zero-order valence-corrected chi connectivity index (χ0v) is 14.6. The number of methoxy groups -OCH3 is 1. The Morgan fingerprint density at radius 3 is 3.00 bits per heavy atom. The molecule has 1 heterocycles. The third-order valence-electron chi connectivity index (χ3n) is 4.02. The van der Waals surface area contributed by atoms with Crippen LogP contribution in [-0.2, 0) is 4.74 Å². The molecule has 1 aliphatic rings. The second-order valence-corrected chi connectivity index (χ2v) is 6.24. The van der Waals surface area contributed by atoms with E-state index in [4.69, 9.17) is 21.1 Å². The minimum absolute atomic E-state index is 0.0132. The second-order valence-electron chi connectivity index (χ2n) is 5.80. The van der Waals surface area contributed by atoms with Gasteiger partial charge in [-0.2, -0.15) is 0 Å². The topological polar surface area (TPSA) is 50.8 Å². The molecule has 0 radical (unpaired) electrons. The van der Waals surface area contributed by atoms with Gasteiger partial charge in [0.05, 0.1) is 12.2 Å². The first-order chi connectivity index (χ1) is 11.2. The van der Waals surface area contributed by atoms with Crippen LogP contribution in [0, 0.1) is 5.92 Å². The minimum Gasteiger partial charge on any atom is -0.490 e.